The third-order valence-electron chi connectivity index (χ3n) is 5.17. The van der Waals surface area contributed by atoms with Gasteiger partial charge in [-0.15, -0.1) is 0 Å². The van der Waals surface area contributed by atoms with Gasteiger partial charge in [0.25, 0.3) is 0 Å². The van der Waals surface area contributed by atoms with Gasteiger partial charge in [0.05, 0.1) is 7.11 Å². The van der Waals surface area contributed by atoms with Crippen LogP contribution in [0.5, 0.6) is 0 Å². The lowest BCUT2D eigenvalue weighted by atomic mass is 10.0. The average molecular weight is 479 g/mol. The van der Waals surface area contributed by atoms with Crippen molar-refractivity contribution in [1.29, 1.82) is 0 Å². The molecule has 1 unspecified atom stereocenters. The number of carbonyl (C=O) groups is 1. The fraction of sp³-hybridized carbons (Fsp3) is 0.200. The van der Waals surface area contributed by atoms with E-state index in [1.807, 2.05) is 54.6 Å². The Morgan fingerprint density at radius 3 is 2.42 bits per heavy atom. The third-order valence-corrected chi connectivity index (χ3v) is 6.41. The summed E-state index contributed by atoms with van der Waals surface area (Å²) in [4.78, 5) is 25.6. The van der Waals surface area contributed by atoms with Crippen molar-refractivity contribution in [3.05, 3.63) is 83.1 Å². The van der Waals surface area contributed by atoms with Gasteiger partial charge in [-0.05, 0) is 51.6 Å². The maximum absolute atomic E-state index is 12.7. The Kier molecular flexibility index (Phi) is 7.11. The largest absolute Gasteiger partial charge is 0.468 e. The van der Waals surface area contributed by atoms with E-state index in [-0.39, 0.29) is 5.28 Å². The number of anilines is 2. The normalized spacial score (nSPS) is 12.0. The molecule has 33 heavy (non-hydrogen) atoms. The predicted octanol–water partition coefficient (Wildman–Crippen LogP) is 6.55. The summed E-state index contributed by atoms with van der Waals surface area (Å²) in [6.45, 7) is 4.29. The molecule has 1 aromatic heterocycles. The van der Waals surface area contributed by atoms with E-state index in [0.29, 0.717) is 17.0 Å². The van der Waals surface area contributed by atoms with E-state index < -0.39 is 11.2 Å². The van der Waals surface area contributed by atoms with Crippen molar-refractivity contribution < 1.29 is 9.53 Å². The molecule has 1 atom stereocenters. The summed E-state index contributed by atoms with van der Waals surface area (Å²) in [6.07, 6.45) is 0. The number of carbonyl (C=O) groups excluding carboxylic acids is 1. The van der Waals surface area contributed by atoms with Crippen molar-refractivity contribution in [2.24, 2.45) is 0 Å². The molecule has 0 saturated carbocycles. The Morgan fingerprint density at radius 1 is 0.970 bits per heavy atom. The zero-order chi connectivity index (χ0) is 23.4. The Hall–Kier alpha value is -3.16. The second kappa shape index (κ2) is 10.2. The molecule has 1 heterocycles. The topological polar surface area (TPSA) is 77.0 Å². The van der Waals surface area contributed by atoms with E-state index in [4.69, 9.17) is 16.3 Å². The summed E-state index contributed by atoms with van der Waals surface area (Å²) in [5.74, 6) is 0.348. The van der Waals surface area contributed by atoms with Crippen molar-refractivity contribution >= 4 is 51.7 Å². The molecule has 0 spiro atoms. The molecule has 0 bridgehead atoms. The molecule has 0 aliphatic carbocycles. The third kappa shape index (κ3) is 5.43. The van der Waals surface area contributed by atoms with Crippen molar-refractivity contribution in [1.82, 2.24) is 15.0 Å². The molecule has 0 amide bonds. The highest BCUT2D eigenvalue weighted by atomic mass is 35.5. The van der Waals surface area contributed by atoms with Gasteiger partial charge in [-0.3, -0.25) is 4.79 Å². The van der Waals surface area contributed by atoms with Crippen LogP contribution in [-0.4, -0.2) is 28.0 Å². The highest BCUT2D eigenvalue weighted by Crippen LogP contribution is 2.38. The molecule has 168 valence electrons. The number of methoxy groups -OCH3 is 1. The van der Waals surface area contributed by atoms with Crippen LogP contribution in [0.3, 0.4) is 0 Å². The molecule has 3 aromatic carbocycles. The second-order valence-corrected chi connectivity index (χ2v) is 9.11. The number of halogens is 1. The van der Waals surface area contributed by atoms with E-state index in [1.54, 1.807) is 0 Å². The number of aromatic nitrogens is 3. The van der Waals surface area contributed by atoms with Crippen LogP contribution < -0.4 is 5.32 Å². The first kappa shape index (κ1) is 23.0. The molecular formula is C25H23ClN4O2S. The van der Waals surface area contributed by atoms with E-state index in [2.05, 4.69) is 46.2 Å². The summed E-state index contributed by atoms with van der Waals surface area (Å²) < 4.78 is 5.09. The lowest BCUT2D eigenvalue weighted by Crippen LogP contribution is -2.12. The number of ether oxygens (including phenoxy) is 1. The fourth-order valence-electron chi connectivity index (χ4n) is 3.45. The Morgan fingerprint density at radius 2 is 1.70 bits per heavy atom. The van der Waals surface area contributed by atoms with Gasteiger partial charge in [0.2, 0.25) is 11.2 Å². The number of esters is 1. The first-order chi connectivity index (χ1) is 15.9. The first-order valence-electron chi connectivity index (χ1n) is 10.5. The van der Waals surface area contributed by atoms with E-state index in [0.717, 1.165) is 22.0 Å². The number of nitrogens with one attached hydrogen (secondary N) is 1. The van der Waals surface area contributed by atoms with Crippen LogP contribution in [0.1, 0.15) is 36.1 Å². The van der Waals surface area contributed by atoms with Crippen molar-refractivity contribution in [2.75, 3.05) is 12.4 Å². The highest BCUT2D eigenvalue weighted by molar-refractivity contribution is 8.00. The molecule has 1 N–H and O–H groups in total. The molecule has 8 heteroatoms. The molecule has 0 aliphatic rings. The van der Waals surface area contributed by atoms with E-state index in [9.17, 15) is 4.79 Å². The number of thioether (sulfide) groups is 1. The van der Waals surface area contributed by atoms with Gasteiger partial charge < -0.3 is 10.1 Å². The van der Waals surface area contributed by atoms with Crippen LogP contribution in [0.15, 0.2) is 71.9 Å². The number of hydrogen-bond donors (Lipinski definition) is 1. The zero-order valence-electron chi connectivity index (χ0n) is 18.4. The van der Waals surface area contributed by atoms with Crippen molar-refractivity contribution in [3.8, 4) is 0 Å². The molecule has 0 aliphatic heterocycles. The van der Waals surface area contributed by atoms with Crippen LogP contribution in [0.2, 0.25) is 5.28 Å². The summed E-state index contributed by atoms with van der Waals surface area (Å²) in [5.41, 5.74) is 2.89. The predicted molar refractivity (Wildman–Crippen MR) is 133 cm³/mol. The number of nitrogens with zero attached hydrogens (tertiary/aromatic N) is 3. The summed E-state index contributed by atoms with van der Waals surface area (Å²) >= 11 is 7.36. The molecule has 0 fully saturated rings. The lowest BCUT2D eigenvalue weighted by Gasteiger charge is -2.16. The number of fused-ring (bicyclic) bond motifs is 1. The van der Waals surface area contributed by atoms with Crippen LogP contribution in [0.4, 0.5) is 11.6 Å². The summed E-state index contributed by atoms with van der Waals surface area (Å²) in [6, 6.07) is 21.8. The maximum atomic E-state index is 12.7. The zero-order valence-corrected chi connectivity index (χ0v) is 20.0. The van der Waals surface area contributed by atoms with Gasteiger partial charge in [-0.1, -0.05) is 80.2 Å². The lowest BCUT2D eigenvalue weighted by molar-refractivity contribution is -0.140. The first-order valence-corrected chi connectivity index (χ1v) is 11.7. The fourth-order valence-corrected chi connectivity index (χ4v) is 4.68. The van der Waals surface area contributed by atoms with Crippen molar-refractivity contribution in [3.63, 3.8) is 0 Å². The minimum Gasteiger partial charge on any atom is -0.468 e. The van der Waals surface area contributed by atoms with Gasteiger partial charge in [0.1, 0.15) is 5.25 Å². The quantitative estimate of drug-likeness (QED) is 0.238. The minimum absolute atomic E-state index is 0.0373. The SMILES string of the molecule is COC(=O)C(Sc1nc(Cl)nc(Nc2ccc(C(C)C)cc2)n1)c1cccc2ccccc12. The highest BCUT2D eigenvalue weighted by Gasteiger charge is 2.26. The molecule has 0 saturated heterocycles. The van der Waals surface area contributed by atoms with Crippen LogP contribution in [0, 0.1) is 0 Å². The molecule has 6 nitrogen and oxygen atoms in total. The Balaban J connectivity index is 1.64. The monoisotopic (exact) mass is 478 g/mol. The van der Waals surface area contributed by atoms with Gasteiger partial charge in [-0.2, -0.15) is 15.0 Å². The summed E-state index contributed by atoms with van der Waals surface area (Å²) in [5, 5.41) is 4.85. The van der Waals surface area contributed by atoms with Gasteiger partial charge in [-0.25, -0.2) is 0 Å². The average Bonchev–Trinajstić information content (AvgIpc) is 2.82. The number of hydrogen-bond acceptors (Lipinski definition) is 7. The number of benzene rings is 3. The minimum atomic E-state index is -0.669. The molecule has 4 rings (SSSR count). The maximum Gasteiger partial charge on any atom is 0.323 e. The number of rotatable bonds is 7. The van der Waals surface area contributed by atoms with Gasteiger partial charge >= 0.3 is 5.97 Å². The van der Waals surface area contributed by atoms with Gasteiger partial charge in [0.15, 0.2) is 5.16 Å². The summed E-state index contributed by atoms with van der Waals surface area (Å²) in [7, 11) is 1.37. The van der Waals surface area contributed by atoms with E-state index >= 15 is 0 Å². The van der Waals surface area contributed by atoms with Gasteiger partial charge in [0, 0.05) is 5.69 Å². The molecular weight excluding hydrogens is 456 g/mol. The Labute approximate surface area is 201 Å². The van der Waals surface area contributed by atoms with Crippen LogP contribution in [0.25, 0.3) is 10.8 Å². The molecule has 4 aromatic rings. The van der Waals surface area contributed by atoms with E-state index in [1.165, 1.54) is 24.4 Å². The van der Waals surface area contributed by atoms with Crippen LogP contribution >= 0.6 is 23.4 Å². The standard InChI is InChI=1S/C25H23ClN4O2S/c1-15(2)16-11-13-18(14-12-16)27-24-28-23(26)29-25(30-24)33-21(22(31)32-3)20-10-6-8-17-7-4-5-9-19(17)20/h4-15,21H,1-3H3,(H,27,28,29,30). The van der Waals surface area contributed by atoms with Crippen molar-refractivity contribution in [2.45, 2.75) is 30.2 Å². The Bertz CT molecular complexity index is 1280. The second-order valence-electron chi connectivity index (χ2n) is 7.70. The smallest absolute Gasteiger partial charge is 0.323 e. The molecule has 0 radical (unpaired) electrons. The van der Waals surface area contributed by atoms with Crippen LogP contribution in [-0.2, 0) is 9.53 Å².